The van der Waals surface area contributed by atoms with Gasteiger partial charge >= 0.3 is 0 Å². The van der Waals surface area contributed by atoms with Gasteiger partial charge in [0, 0.05) is 12.6 Å². The lowest BCUT2D eigenvalue weighted by Crippen LogP contribution is -2.13. The fraction of sp³-hybridized carbons (Fsp3) is 0.0500. The van der Waals surface area contributed by atoms with Crippen molar-refractivity contribution in [1.82, 2.24) is 14.8 Å². The summed E-state index contributed by atoms with van der Waals surface area (Å²) in [7, 11) is 1.82. The first-order valence-corrected chi connectivity index (χ1v) is 9.14. The number of nitrogens with one attached hydrogen (secondary N) is 1. The van der Waals surface area contributed by atoms with E-state index in [1.54, 1.807) is 16.8 Å². The van der Waals surface area contributed by atoms with Crippen molar-refractivity contribution in [3.63, 3.8) is 0 Å². The Bertz CT molecular complexity index is 1130. The van der Waals surface area contributed by atoms with E-state index in [2.05, 4.69) is 15.4 Å². The van der Waals surface area contributed by atoms with Crippen LogP contribution in [-0.4, -0.2) is 20.7 Å². The van der Waals surface area contributed by atoms with Gasteiger partial charge in [-0.2, -0.15) is 5.10 Å². The standard InChI is InChI=1S/C20H14F2N4OS/c1-26-16(9-15(25-26)12-5-3-2-4-6-12)17-7-8-18(28-17)20(27)24-19-13(21)10-23-11-14(19)22/h2-11H,1H3,(H,23,24,27). The Labute approximate surface area is 163 Å². The molecule has 1 amide bonds. The quantitative estimate of drug-likeness (QED) is 0.542. The van der Waals surface area contributed by atoms with Crippen LogP contribution in [-0.2, 0) is 7.05 Å². The van der Waals surface area contributed by atoms with Gasteiger partial charge < -0.3 is 5.32 Å². The maximum absolute atomic E-state index is 13.7. The second kappa shape index (κ2) is 7.32. The molecule has 1 N–H and O–H groups in total. The highest BCUT2D eigenvalue weighted by molar-refractivity contribution is 7.17. The van der Waals surface area contributed by atoms with Crippen molar-refractivity contribution < 1.29 is 13.6 Å². The molecule has 5 nitrogen and oxygen atoms in total. The Morgan fingerprint density at radius 1 is 1.07 bits per heavy atom. The SMILES string of the molecule is Cn1nc(-c2ccccc2)cc1-c1ccc(C(=O)Nc2c(F)cncc2F)s1. The first kappa shape index (κ1) is 18.0. The summed E-state index contributed by atoms with van der Waals surface area (Å²) < 4.78 is 29.1. The minimum absolute atomic E-state index is 0.327. The number of hydrogen-bond acceptors (Lipinski definition) is 4. The lowest BCUT2D eigenvalue weighted by molar-refractivity contribution is 0.102. The van der Waals surface area contributed by atoms with Gasteiger partial charge in [0.2, 0.25) is 0 Å². The van der Waals surface area contributed by atoms with Crippen LogP contribution in [0.25, 0.3) is 21.8 Å². The molecule has 4 rings (SSSR count). The molecular weight excluding hydrogens is 382 g/mol. The number of aryl methyl sites for hydroxylation is 1. The third-order valence-corrected chi connectivity index (χ3v) is 5.23. The van der Waals surface area contributed by atoms with Crippen LogP contribution in [0.2, 0.25) is 0 Å². The first-order valence-electron chi connectivity index (χ1n) is 8.33. The van der Waals surface area contributed by atoms with Crippen LogP contribution in [0.15, 0.2) is 60.9 Å². The van der Waals surface area contributed by atoms with Crippen molar-refractivity contribution in [3.8, 4) is 21.8 Å². The molecule has 0 aliphatic carbocycles. The normalized spacial score (nSPS) is 10.8. The molecule has 4 aromatic rings. The Morgan fingerprint density at radius 3 is 2.50 bits per heavy atom. The Kier molecular flexibility index (Phi) is 4.70. The maximum Gasteiger partial charge on any atom is 0.265 e. The van der Waals surface area contributed by atoms with Gasteiger partial charge in [0.15, 0.2) is 11.6 Å². The van der Waals surface area contributed by atoms with E-state index in [4.69, 9.17) is 0 Å². The van der Waals surface area contributed by atoms with Crippen LogP contribution in [0.5, 0.6) is 0 Å². The van der Waals surface area contributed by atoms with Gasteiger partial charge in [-0.1, -0.05) is 30.3 Å². The van der Waals surface area contributed by atoms with Crippen molar-refractivity contribution in [2.24, 2.45) is 7.05 Å². The molecule has 140 valence electrons. The van der Waals surface area contributed by atoms with Crippen molar-refractivity contribution in [2.45, 2.75) is 0 Å². The summed E-state index contributed by atoms with van der Waals surface area (Å²) in [6.45, 7) is 0. The minimum atomic E-state index is -0.927. The van der Waals surface area contributed by atoms with Gasteiger partial charge in [0.25, 0.3) is 5.91 Å². The number of aromatic nitrogens is 3. The molecule has 0 unspecified atom stereocenters. The number of anilines is 1. The molecule has 28 heavy (non-hydrogen) atoms. The number of rotatable bonds is 4. The Hall–Kier alpha value is -3.39. The molecule has 0 atom stereocenters. The smallest absolute Gasteiger partial charge is 0.265 e. The number of nitrogens with zero attached hydrogens (tertiary/aromatic N) is 3. The highest BCUT2D eigenvalue weighted by atomic mass is 32.1. The van der Waals surface area contributed by atoms with Gasteiger partial charge in [-0.05, 0) is 18.2 Å². The molecule has 0 saturated heterocycles. The molecule has 0 radical (unpaired) electrons. The number of hydrogen-bond donors (Lipinski definition) is 1. The summed E-state index contributed by atoms with van der Waals surface area (Å²) in [5.41, 5.74) is 2.13. The molecule has 0 aliphatic rings. The second-order valence-corrected chi connectivity index (χ2v) is 7.08. The topological polar surface area (TPSA) is 59.8 Å². The van der Waals surface area contributed by atoms with Crippen LogP contribution in [0.1, 0.15) is 9.67 Å². The zero-order valence-corrected chi connectivity index (χ0v) is 15.5. The third kappa shape index (κ3) is 3.41. The zero-order chi connectivity index (χ0) is 19.7. The number of benzene rings is 1. The van der Waals surface area contributed by atoms with Crippen molar-refractivity contribution in [1.29, 1.82) is 0 Å². The van der Waals surface area contributed by atoms with E-state index in [-0.39, 0.29) is 0 Å². The summed E-state index contributed by atoms with van der Waals surface area (Å²) in [5.74, 6) is -2.45. The van der Waals surface area contributed by atoms with E-state index in [0.29, 0.717) is 4.88 Å². The lowest BCUT2D eigenvalue weighted by Gasteiger charge is -2.05. The predicted molar refractivity (Wildman–Crippen MR) is 104 cm³/mol. The molecule has 0 fully saturated rings. The fourth-order valence-corrected chi connectivity index (χ4v) is 3.70. The summed E-state index contributed by atoms with van der Waals surface area (Å²) >= 11 is 1.21. The molecule has 3 aromatic heterocycles. The van der Waals surface area contributed by atoms with Crippen molar-refractivity contribution >= 4 is 22.9 Å². The lowest BCUT2D eigenvalue weighted by atomic mass is 10.1. The van der Waals surface area contributed by atoms with E-state index in [0.717, 1.165) is 34.2 Å². The number of amides is 1. The average Bonchev–Trinajstić information content (AvgIpc) is 3.32. The van der Waals surface area contributed by atoms with Crippen LogP contribution < -0.4 is 5.32 Å². The summed E-state index contributed by atoms with van der Waals surface area (Å²) in [5, 5.41) is 6.78. The second-order valence-electron chi connectivity index (χ2n) is 6.00. The van der Waals surface area contributed by atoms with Gasteiger partial charge in [-0.3, -0.25) is 14.5 Å². The molecule has 0 saturated carbocycles. The zero-order valence-electron chi connectivity index (χ0n) is 14.7. The summed E-state index contributed by atoms with van der Waals surface area (Å²) in [6, 6.07) is 15.1. The summed E-state index contributed by atoms with van der Waals surface area (Å²) in [6.07, 6.45) is 1.69. The highest BCUT2D eigenvalue weighted by Crippen LogP contribution is 2.31. The molecule has 3 heterocycles. The number of pyridine rings is 1. The fourth-order valence-electron chi connectivity index (χ4n) is 2.75. The Morgan fingerprint density at radius 2 is 1.79 bits per heavy atom. The molecule has 8 heteroatoms. The monoisotopic (exact) mass is 396 g/mol. The molecule has 0 spiro atoms. The number of halogens is 2. The van der Waals surface area contributed by atoms with Crippen molar-refractivity contribution in [3.05, 3.63) is 77.4 Å². The predicted octanol–water partition coefficient (Wildman–Crippen LogP) is 4.74. The Balaban J connectivity index is 1.60. The van der Waals surface area contributed by atoms with Crippen LogP contribution in [0.4, 0.5) is 14.5 Å². The van der Waals surface area contributed by atoms with E-state index in [1.807, 2.05) is 43.4 Å². The highest BCUT2D eigenvalue weighted by Gasteiger charge is 2.17. The molecule has 0 bridgehead atoms. The van der Waals surface area contributed by atoms with E-state index in [1.165, 1.54) is 11.3 Å². The van der Waals surface area contributed by atoms with Crippen LogP contribution in [0, 0.1) is 11.6 Å². The minimum Gasteiger partial charge on any atom is -0.316 e. The van der Waals surface area contributed by atoms with Crippen molar-refractivity contribution in [2.75, 3.05) is 5.32 Å². The average molecular weight is 396 g/mol. The number of carbonyl (C=O) groups is 1. The third-order valence-electron chi connectivity index (χ3n) is 4.12. The summed E-state index contributed by atoms with van der Waals surface area (Å²) in [4.78, 5) is 16.9. The van der Waals surface area contributed by atoms with Gasteiger partial charge in [0.1, 0.15) is 5.69 Å². The largest absolute Gasteiger partial charge is 0.316 e. The van der Waals surface area contributed by atoms with Gasteiger partial charge in [-0.15, -0.1) is 11.3 Å². The number of thiophene rings is 1. The van der Waals surface area contributed by atoms with E-state index in [9.17, 15) is 13.6 Å². The molecule has 1 aromatic carbocycles. The van der Waals surface area contributed by atoms with Crippen LogP contribution >= 0.6 is 11.3 Å². The van der Waals surface area contributed by atoms with Gasteiger partial charge in [-0.25, -0.2) is 8.78 Å². The number of carbonyl (C=O) groups excluding carboxylic acids is 1. The van der Waals surface area contributed by atoms with E-state index >= 15 is 0 Å². The molecule has 0 aliphatic heterocycles. The van der Waals surface area contributed by atoms with Gasteiger partial charge in [0.05, 0.1) is 33.5 Å². The maximum atomic E-state index is 13.7. The van der Waals surface area contributed by atoms with Crippen LogP contribution in [0.3, 0.4) is 0 Å². The first-order chi connectivity index (χ1) is 13.5. The van der Waals surface area contributed by atoms with E-state index < -0.39 is 23.2 Å². The molecular formula is C20H14F2N4OS.